The highest BCUT2D eigenvalue weighted by Gasteiger charge is 2.26. The number of carbonyl (C=O) groups excluding carboxylic acids is 1. The average molecular weight is 515 g/mol. The molecule has 5 aromatic rings. The minimum Gasteiger partial charge on any atom is -0.439 e. The van der Waals surface area contributed by atoms with Gasteiger partial charge in [-0.2, -0.15) is 0 Å². The Kier molecular flexibility index (Phi) is 5.40. The third-order valence-electron chi connectivity index (χ3n) is 7.36. The van der Waals surface area contributed by atoms with Gasteiger partial charge in [0.25, 0.3) is 5.91 Å². The van der Waals surface area contributed by atoms with Crippen molar-refractivity contribution in [3.05, 3.63) is 89.9 Å². The summed E-state index contributed by atoms with van der Waals surface area (Å²) >= 11 is 0. The van der Waals surface area contributed by atoms with Crippen molar-refractivity contribution in [1.82, 2.24) is 19.5 Å². The number of hydrogen-bond donors (Lipinski definition) is 2. The molecule has 192 valence electrons. The smallest absolute Gasteiger partial charge is 0.251 e. The van der Waals surface area contributed by atoms with Crippen LogP contribution in [0.4, 0.5) is 11.5 Å². The normalized spacial score (nSPS) is 13.5. The van der Waals surface area contributed by atoms with Gasteiger partial charge in [0.1, 0.15) is 23.5 Å². The lowest BCUT2D eigenvalue weighted by Crippen LogP contribution is -2.17. The molecular formula is C31H26N6O2. The molecule has 0 spiro atoms. The Labute approximate surface area is 225 Å². The Morgan fingerprint density at radius 2 is 1.92 bits per heavy atom. The first-order valence-corrected chi connectivity index (χ1v) is 13.0. The third-order valence-corrected chi connectivity index (χ3v) is 7.36. The van der Waals surface area contributed by atoms with E-state index in [2.05, 4.69) is 42.3 Å². The first kappa shape index (κ1) is 23.2. The van der Waals surface area contributed by atoms with Gasteiger partial charge in [0, 0.05) is 42.2 Å². The van der Waals surface area contributed by atoms with Crippen molar-refractivity contribution in [3.63, 3.8) is 0 Å². The zero-order chi connectivity index (χ0) is 26.5. The van der Waals surface area contributed by atoms with Crippen LogP contribution in [-0.2, 0) is 18.4 Å². The van der Waals surface area contributed by atoms with Crippen molar-refractivity contribution >= 4 is 28.4 Å². The van der Waals surface area contributed by atoms with Crippen LogP contribution in [0.3, 0.4) is 0 Å². The molecule has 0 atom stereocenters. The number of fused-ring (bicyclic) bond motifs is 2. The lowest BCUT2D eigenvalue weighted by molar-refractivity contribution is -0.113. The number of benzene rings is 2. The summed E-state index contributed by atoms with van der Waals surface area (Å²) in [6.07, 6.45) is 5.39. The number of aryl methyl sites for hydroxylation is 2. The largest absolute Gasteiger partial charge is 0.439 e. The average Bonchev–Trinajstić information content (AvgIpc) is 3.09. The minimum atomic E-state index is -0.0241. The summed E-state index contributed by atoms with van der Waals surface area (Å²) < 4.78 is 8.21. The van der Waals surface area contributed by atoms with Crippen LogP contribution in [0.15, 0.2) is 78.6 Å². The lowest BCUT2D eigenvalue weighted by atomic mass is 9.95. The number of rotatable bonds is 5. The molecular weight excluding hydrogens is 488 g/mol. The number of hydrogen-bond acceptors (Lipinski definition) is 6. The first-order chi connectivity index (χ1) is 19.0. The molecule has 1 amide bonds. The first-order valence-electron chi connectivity index (χ1n) is 13.0. The van der Waals surface area contributed by atoms with E-state index in [1.54, 1.807) is 6.33 Å². The van der Waals surface area contributed by atoms with Crippen molar-refractivity contribution in [2.45, 2.75) is 26.3 Å². The monoisotopic (exact) mass is 514 g/mol. The molecule has 0 fully saturated rings. The van der Waals surface area contributed by atoms with Crippen LogP contribution in [0.5, 0.6) is 11.6 Å². The van der Waals surface area contributed by atoms with Crippen molar-refractivity contribution in [1.29, 1.82) is 0 Å². The fraction of sp³-hybridized carbons (Fsp3) is 0.161. The molecule has 2 aliphatic rings. The molecule has 8 nitrogen and oxygen atoms in total. The summed E-state index contributed by atoms with van der Waals surface area (Å²) in [5.74, 6) is 2.06. The van der Waals surface area contributed by atoms with Gasteiger partial charge < -0.3 is 19.9 Å². The van der Waals surface area contributed by atoms with Crippen LogP contribution in [0.25, 0.3) is 33.4 Å². The Morgan fingerprint density at radius 3 is 2.69 bits per heavy atom. The molecule has 7 rings (SSSR count). The highest BCUT2D eigenvalue weighted by Crippen LogP contribution is 2.46. The number of ether oxygens (including phenoxy) is 1. The summed E-state index contributed by atoms with van der Waals surface area (Å²) in [5.41, 5.74) is 8.68. The van der Waals surface area contributed by atoms with E-state index in [0.717, 1.165) is 80.3 Å². The number of nitrogens with zero attached hydrogens (tertiary/aromatic N) is 4. The standard InChI is InChI=1S/C31H26N6O2/c1-18-5-3-8-25(35-18)39-23-13-14-24-21(15-23)16-32-29-27-26(24)28(37(2)30(27)34-17-33-29)19-9-11-22(12-10-19)36-31(38)20-6-4-7-20/h3,5-6,8-15,17H,4,7,16H2,1-2H3,(H,36,38)(H,32,33,34). The Bertz CT molecular complexity index is 1800. The molecule has 0 saturated heterocycles. The number of pyridine rings is 1. The van der Waals surface area contributed by atoms with Gasteiger partial charge in [-0.15, -0.1) is 0 Å². The lowest BCUT2D eigenvalue weighted by Gasteiger charge is -2.15. The molecule has 0 unspecified atom stereocenters. The molecule has 0 radical (unpaired) electrons. The number of amides is 1. The van der Waals surface area contributed by atoms with Gasteiger partial charge in [-0.1, -0.05) is 30.3 Å². The van der Waals surface area contributed by atoms with Crippen LogP contribution in [0, 0.1) is 6.92 Å². The summed E-state index contributed by atoms with van der Waals surface area (Å²) in [6, 6.07) is 19.9. The fourth-order valence-corrected chi connectivity index (χ4v) is 5.30. The van der Waals surface area contributed by atoms with E-state index in [9.17, 15) is 4.79 Å². The van der Waals surface area contributed by atoms with E-state index >= 15 is 0 Å². The predicted molar refractivity (Wildman–Crippen MR) is 152 cm³/mol. The van der Waals surface area contributed by atoms with E-state index in [1.165, 1.54) is 0 Å². The zero-order valence-corrected chi connectivity index (χ0v) is 21.7. The van der Waals surface area contributed by atoms with Gasteiger partial charge in [-0.3, -0.25) is 4.79 Å². The second-order valence-electron chi connectivity index (χ2n) is 9.89. The van der Waals surface area contributed by atoms with Crippen molar-refractivity contribution in [2.75, 3.05) is 10.6 Å². The summed E-state index contributed by atoms with van der Waals surface area (Å²) in [6.45, 7) is 2.54. The van der Waals surface area contributed by atoms with Gasteiger partial charge in [0.05, 0.1) is 11.1 Å². The Balaban J connectivity index is 1.31. The summed E-state index contributed by atoms with van der Waals surface area (Å²) in [7, 11) is 2.03. The van der Waals surface area contributed by atoms with Crippen LogP contribution in [0.1, 0.15) is 24.1 Å². The van der Waals surface area contributed by atoms with E-state index in [4.69, 9.17) is 4.74 Å². The van der Waals surface area contributed by atoms with E-state index in [0.29, 0.717) is 12.4 Å². The zero-order valence-electron chi connectivity index (χ0n) is 21.7. The van der Waals surface area contributed by atoms with Crippen molar-refractivity contribution in [2.24, 2.45) is 7.05 Å². The van der Waals surface area contributed by atoms with E-state index in [1.807, 2.05) is 68.6 Å². The number of aromatic nitrogens is 4. The molecule has 1 aliphatic heterocycles. The third kappa shape index (κ3) is 4.01. The molecule has 8 heteroatoms. The van der Waals surface area contributed by atoms with E-state index in [-0.39, 0.29) is 5.91 Å². The van der Waals surface area contributed by atoms with Gasteiger partial charge in [-0.05, 0) is 66.8 Å². The maximum absolute atomic E-state index is 12.4. The van der Waals surface area contributed by atoms with Gasteiger partial charge in [0.2, 0.25) is 5.88 Å². The SMILES string of the molecule is Cc1cccc(Oc2ccc3c(c2)CNc2ncnc4c2c-3c(-c2ccc(NC(=O)C3=CCC3)cc2)n4C)n1. The molecule has 3 aromatic heterocycles. The quantitative estimate of drug-likeness (QED) is 0.283. The maximum atomic E-state index is 12.4. The molecule has 0 bridgehead atoms. The Hall–Kier alpha value is -4.98. The molecule has 2 N–H and O–H groups in total. The highest BCUT2D eigenvalue weighted by atomic mass is 16.5. The predicted octanol–water partition coefficient (Wildman–Crippen LogP) is 6.38. The summed E-state index contributed by atoms with van der Waals surface area (Å²) in [4.78, 5) is 26.1. The number of nitrogens with one attached hydrogen (secondary N) is 2. The van der Waals surface area contributed by atoms with Crippen LogP contribution < -0.4 is 15.4 Å². The minimum absolute atomic E-state index is 0.0241. The second-order valence-corrected chi connectivity index (χ2v) is 9.89. The topological polar surface area (TPSA) is 94.0 Å². The molecule has 0 saturated carbocycles. The second kappa shape index (κ2) is 9.09. The van der Waals surface area contributed by atoms with Crippen LogP contribution in [0.2, 0.25) is 0 Å². The van der Waals surface area contributed by atoms with Gasteiger partial charge in [0.15, 0.2) is 0 Å². The van der Waals surface area contributed by atoms with Gasteiger partial charge in [-0.25, -0.2) is 15.0 Å². The van der Waals surface area contributed by atoms with Crippen molar-refractivity contribution < 1.29 is 9.53 Å². The van der Waals surface area contributed by atoms with Crippen LogP contribution in [-0.4, -0.2) is 25.4 Å². The number of allylic oxidation sites excluding steroid dienone is 1. The van der Waals surface area contributed by atoms with Gasteiger partial charge >= 0.3 is 0 Å². The molecule has 4 heterocycles. The number of carbonyl (C=O) groups is 1. The van der Waals surface area contributed by atoms with Crippen LogP contribution >= 0.6 is 0 Å². The van der Waals surface area contributed by atoms with Crippen molar-refractivity contribution in [3.8, 4) is 34.0 Å². The molecule has 39 heavy (non-hydrogen) atoms. The highest BCUT2D eigenvalue weighted by molar-refractivity contribution is 6.10. The fourth-order valence-electron chi connectivity index (χ4n) is 5.30. The maximum Gasteiger partial charge on any atom is 0.251 e. The van der Waals surface area contributed by atoms with E-state index < -0.39 is 0 Å². The number of anilines is 2. The Morgan fingerprint density at radius 1 is 1.08 bits per heavy atom. The molecule has 2 aromatic carbocycles. The summed E-state index contributed by atoms with van der Waals surface area (Å²) in [5, 5.41) is 7.49. The molecule has 1 aliphatic carbocycles.